The highest BCUT2D eigenvalue weighted by Gasteiger charge is 2.01. The molecule has 0 bridgehead atoms. The molecule has 0 saturated carbocycles. The van der Waals surface area contributed by atoms with Crippen LogP contribution in [0.25, 0.3) is 0 Å². The number of ether oxygens (including phenoxy) is 1. The summed E-state index contributed by atoms with van der Waals surface area (Å²) in [5.41, 5.74) is 0.746. The van der Waals surface area contributed by atoms with Gasteiger partial charge in [-0.3, -0.25) is 0 Å². The lowest BCUT2D eigenvalue weighted by Crippen LogP contribution is -1.99. The largest absolute Gasteiger partial charge is 0.494 e. The summed E-state index contributed by atoms with van der Waals surface area (Å²) >= 11 is 0. The third-order valence-electron chi connectivity index (χ3n) is 1.55. The van der Waals surface area contributed by atoms with Crippen molar-refractivity contribution in [2.75, 3.05) is 19.0 Å². The van der Waals surface area contributed by atoms with E-state index in [1.165, 1.54) is 13.2 Å². The molecule has 0 aliphatic carbocycles. The number of methoxy groups -OCH3 is 1. The van der Waals surface area contributed by atoms with Gasteiger partial charge in [0.25, 0.3) is 0 Å². The van der Waals surface area contributed by atoms with Crippen LogP contribution in [-0.4, -0.2) is 13.7 Å². The van der Waals surface area contributed by atoms with Gasteiger partial charge in [0.2, 0.25) is 0 Å². The Hall–Kier alpha value is -1.69. The Labute approximate surface area is 76.7 Å². The van der Waals surface area contributed by atoms with Crippen LogP contribution in [0.3, 0.4) is 0 Å². The predicted molar refractivity (Wildman–Crippen MR) is 50.3 cm³/mol. The second-order valence-corrected chi connectivity index (χ2v) is 2.41. The second-order valence-electron chi connectivity index (χ2n) is 2.41. The van der Waals surface area contributed by atoms with Crippen LogP contribution in [0.2, 0.25) is 0 Å². The molecule has 1 N–H and O–H groups in total. The number of hydrogen-bond acceptors (Lipinski definition) is 2. The second kappa shape index (κ2) is 4.36. The Morgan fingerprint density at radius 1 is 1.62 bits per heavy atom. The minimum atomic E-state index is -0.381. The standard InChI is InChI=1S/C10H10FNO/c1-3-6-12-8-4-5-9(11)10(7-8)13-2/h1,4-5,7,12H,6H2,2H3. The van der Waals surface area contributed by atoms with Crippen molar-refractivity contribution in [2.45, 2.75) is 0 Å². The van der Waals surface area contributed by atoms with Gasteiger partial charge in [0.15, 0.2) is 11.6 Å². The van der Waals surface area contributed by atoms with Crippen LogP contribution in [0, 0.1) is 18.2 Å². The van der Waals surface area contributed by atoms with Crippen molar-refractivity contribution in [3.05, 3.63) is 24.0 Å². The van der Waals surface area contributed by atoms with Gasteiger partial charge in [-0.1, -0.05) is 5.92 Å². The van der Waals surface area contributed by atoms with Crippen molar-refractivity contribution < 1.29 is 9.13 Å². The Morgan fingerprint density at radius 3 is 3.00 bits per heavy atom. The van der Waals surface area contributed by atoms with Crippen LogP contribution in [-0.2, 0) is 0 Å². The van der Waals surface area contributed by atoms with E-state index in [4.69, 9.17) is 11.2 Å². The molecule has 1 aromatic rings. The zero-order chi connectivity index (χ0) is 9.68. The molecule has 2 nitrogen and oxygen atoms in total. The zero-order valence-electron chi connectivity index (χ0n) is 7.30. The van der Waals surface area contributed by atoms with E-state index in [9.17, 15) is 4.39 Å². The maximum Gasteiger partial charge on any atom is 0.165 e. The molecular formula is C10H10FNO. The van der Waals surface area contributed by atoms with Crippen LogP contribution < -0.4 is 10.1 Å². The van der Waals surface area contributed by atoms with Gasteiger partial charge in [-0.15, -0.1) is 6.42 Å². The molecule has 3 heteroatoms. The highest BCUT2D eigenvalue weighted by molar-refractivity contribution is 5.49. The first-order valence-electron chi connectivity index (χ1n) is 3.79. The first-order valence-corrected chi connectivity index (χ1v) is 3.79. The van der Waals surface area contributed by atoms with E-state index in [0.29, 0.717) is 6.54 Å². The highest BCUT2D eigenvalue weighted by atomic mass is 19.1. The fraction of sp³-hybridized carbons (Fsp3) is 0.200. The Balaban J connectivity index is 2.81. The molecule has 0 radical (unpaired) electrons. The Bertz CT molecular complexity index is 330. The van der Waals surface area contributed by atoms with Crippen LogP contribution in [0.5, 0.6) is 5.75 Å². The molecule has 0 aliphatic heterocycles. The summed E-state index contributed by atoms with van der Waals surface area (Å²) in [5, 5.41) is 2.91. The predicted octanol–water partition coefficient (Wildman–Crippen LogP) is 1.88. The first-order chi connectivity index (χ1) is 6.27. The number of halogens is 1. The third kappa shape index (κ3) is 2.38. The van der Waals surface area contributed by atoms with Gasteiger partial charge in [-0.05, 0) is 12.1 Å². The smallest absolute Gasteiger partial charge is 0.165 e. The van der Waals surface area contributed by atoms with Crippen molar-refractivity contribution in [3.8, 4) is 18.1 Å². The normalized spacial score (nSPS) is 9.00. The summed E-state index contributed by atoms with van der Waals surface area (Å²) < 4.78 is 17.7. The molecule has 0 atom stereocenters. The van der Waals surface area contributed by atoms with Crippen LogP contribution in [0.15, 0.2) is 18.2 Å². The molecule has 1 aromatic carbocycles. The molecule has 0 unspecified atom stereocenters. The van der Waals surface area contributed by atoms with E-state index in [2.05, 4.69) is 11.2 Å². The SMILES string of the molecule is C#CCNc1ccc(F)c(OC)c1. The minimum absolute atomic E-state index is 0.210. The summed E-state index contributed by atoms with van der Waals surface area (Å²) in [4.78, 5) is 0. The molecule has 0 heterocycles. The van der Waals surface area contributed by atoms with E-state index in [1.54, 1.807) is 12.1 Å². The van der Waals surface area contributed by atoms with Crippen LogP contribution >= 0.6 is 0 Å². The molecule has 0 spiro atoms. The number of benzene rings is 1. The van der Waals surface area contributed by atoms with Crippen molar-refractivity contribution >= 4 is 5.69 Å². The minimum Gasteiger partial charge on any atom is -0.494 e. The average Bonchev–Trinajstić information content (AvgIpc) is 2.16. The van der Waals surface area contributed by atoms with E-state index in [-0.39, 0.29) is 11.6 Å². The van der Waals surface area contributed by atoms with Gasteiger partial charge >= 0.3 is 0 Å². The summed E-state index contributed by atoms with van der Waals surface area (Å²) in [6, 6.07) is 4.50. The van der Waals surface area contributed by atoms with Gasteiger partial charge in [0.05, 0.1) is 13.7 Å². The summed E-state index contributed by atoms with van der Waals surface area (Å²) in [7, 11) is 1.42. The van der Waals surface area contributed by atoms with Gasteiger partial charge < -0.3 is 10.1 Å². The number of rotatable bonds is 3. The van der Waals surface area contributed by atoms with Crippen LogP contribution in [0.4, 0.5) is 10.1 Å². The Kier molecular flexibility index (Phi) is 3.15. The average molecular weight is 179 g/mol. The maximum absolute atomic E-state index is 12.9. The van der Waals surface area contributed by atoms with E-state index < -0.39 is 0 Å². The van der Waals surface area contributed by atoms with Gasteiger partial charge in [-0.25, -0.2) is 4.39 Å². The molecule has 1 rings (SSSR count). The fourth-order valence-electron chi connectivity index (χ4n) is 0.923. The lowest BCUT2D eigenvalue weighted by molar-refractivity contribution is 0.387. The lowest BCUT2D eigenvalue weighted by atomic mass is 10.3. The number of anilines is 1. The van der Waals surface area contributed by atoms with Crippen molar-refractivity contribution in [3.63, 3.8) is 0 Å². The van der Waals surface area contributed by atoms with E-state index >= 15 is 0 Å². The van der Waals surface area contributed by atoms with Gasteiger partial charge in [0, 0.05) is 11.8 Å². The lowest BCUT2D eigenvalue weighted by Gasteiger charge is -2.05. The van der Waals surface area contributed by atoms with E-state index in [0.717, 1.165) is 5.69 Å². The molecule has 0 fully saturated rings. The van der Waals surface area contributed by atoms with Crippen LogP contribution in [0.1, 0.15) is 0 Å². The Morgan fingerprint density at radius 2 is 2.38 bits per heavy atom. The fourth-order valence-corrected chi connectivity index (χ4v) is 0.923. The van der Waals surface area contributed by atoms with Crippen molar-refractivity contribution in [1.29, 1.82) is 0 Å². The zero-order valence-corrected chi connectivity index (χ0v) is 7.30. The maximum atomic E-state index is 12.9. The molecule has 0 amide bonds. The molecule has 0 aromatic heterocycles. The van der Waals surface area contributed by atoms with Crippen molar-refractivity contribution in [2.24, 2.45) is 0 Å². The molecule has 13 heavy (non-hydrogen) atoms. The topological polar surface area (TPSA) is 21.3 Å². The number of hydrogen-bond donors (Lipinski definition) is 1. The summed E-state index contributed by atoms with van der Waals surface area (Å²) in [5.74, 6) is 2.25. The molecule has 0 aliphatic rings. The summed E-state index contributed by atoms with van der Waals surface area (Å²) in [6.45, 7) is 0.411. The quantitative estimate of drug-likeness (QED) is 0.715. The molecular weight excluding hydrogens is 169 g/mol. The van der Waals surface area contributed by atoms with E-state index in [1.807, 2.05) is 0 Å². The monoisotopic (exact) mass is 179 g/mol. The third-order valence-corrected chi connectivity index (χ3v) is 1.55. The number of terminal acetylenes is 1. The first kappa shape index (κ1) is 9.40. The molecule has 68 valence electrons. The van der Waals surface area contributed by atoms with Gasteiger partial charge in [0.1, 0.15) is 0 Å². The molecule has 0 saturated heterocycles. The summed E-state index contributed by atoms with van der Waals surface area (Å²) in [6.07, 6.45) is 5.06. The number of nitrogens with one attached hydrogen (secondary N) is 1. The van der Waals surface area contributed by atoms with Crippen molar-refractivity contribution in [1.82, 2.24) is 0 Å². The highest BCUT2D eigenvalue weighted by Crippen LogP contribution is 2.20. The van der Waals surface area contributed by atoms with Gasteiger partial charge in [-0.2, -0.15) is 0 Å².